The van der Waals surface area contributed by atoms with Gasteiger partial charge in [-0.2, -0.15) is 0 Å². The van der Waals surface area contributed by atoms with E-state index < -0.39 is 0 Å². The van der Waals surface area contributed by atoms with Crippen LogP contribution in [0.1, 0.15) is 5.56 Å². The fraction of sp³-hybridized carbons (Fsp3) is 0.500. The van der Waals surface area contributed by atoms with Gasteiger partial charge in [0.05, 0.1) is 12.7 Å². The summed E-state index contributed by atoms with van der Waals surface area (Å²) in [7, 11) is 3.34. The Balaban J connectivity index is 2.55. The molecule has 1 rings (SSSR count). The molecule has 0 radical (unpaired) electrons. The number of methoxy groups -OCH3 is 2. The quantitative estimate of drug-likeness (QED) is 0.721. The average molecular weight is 224 g/mol. The zero-order chi connectivity index (χ0) is 12.0. The predicted molar refractivity (Wildman–Crippen MR) is 66.8 cm³/mol. The predicted octanol–water partition coefficient (Wildman–Crippen LogP) is 1.65. The maximum Gasteiger partial charge on any atom is 0.0976 e. The first-order valence-corrected chi connectivity index (χ1v) is 5.29. The smallest absolute Gasteiger partial charge is 0.0976 e. The van der Waals surface area contributed by atoms with Crippen LogP contribution >= 0.6 is 0 Å². The van der Waals surface area contributed by atoms with Crippen molar-refractivity contribution in [2.75, 3.05) is 38.4 Å². The van der Waals surface area contributed by atoms with Crippen LogP contribution in [0.3, 0.4) is 0 Å². The number of hydrogen-bond acceptors (Lipinski definition) is 4. The van der Waals surface area contributed by atoms with Gasteiger partial charge in [0.15, 0.2) is 0 Å². The highest BCUT2D eigenvalue weighted by atomic mass is 16.5. The first kappa shape index (κ1) is 12.8. The number of ether oxygens (including phenoxy) is 2. The van der Waals surface area contributed by atoms with Crippen LogP contribution in [0.15, 0.2) is 18.2 Å². The Morgan fingerprint density at radius 2 is 2.12 bits per heavy atom. The van der Waals surface area contributed by atoms with E-state index in [1.54, 1.807) is 14.2 Å². The normalized spacial score (nSPS) is 12.4. The highest BCUT2D eigenvalue weighted by Crippen LogP contribution is 2.18. The van der Waals surface area contributed by atoms with Crippen molar-refractivity contribution in [2.45, 2.75) is 13.0 Å². The van der Waals surface area contributed by atoms with E-state index in [0.29, 0.717) is 13.2 Å². The van der Waals surface area contributed by atoms with Crippen molar-refractivity contribution in [3.8, 4) is 0 Å². The number of nitrogens with one attached hydrogen (secondary N) is 1. The molecule has 0 aliphatic rings. The van der Waals surface area contributed by atoms with Crippen LogP contribution in [-0.4, -0.2) is 33.5 Å². The van der Waals surface area contributed by atoms with Crippen molar-refractivity contribution in [2.24, 2.45) is 0 Å². The van der Waals surface area contributed by atoms with E-state index in [2.05, 4.69) is 5.32 Å². The van der Waals surface area contributed by atoms with E-state index in [1.807, 2.05) is 25.1 Å². The van der Waals surface area contributed by atoms with Crippen molar-refractivity contribution in [1.29, 1.82) is 0 Å². The molecule has 0 aliphatic heterocycles. The summed E-state index contributed by atoms with van der Waals surface area (Å²) in [5.41, 5.74) is 8.70. The van der Waals surface area contributed by atoms with Gasteiger partial charge in [-0.1, -0.05) is 6.07 Å². The van der Waals surface area contributed by atoms with Crippen molar-refractivity contribution in [3.05, 3.63) is 23.8 Å². The summed E-state index contributed by atoms with van der Waals surface area (Å²) in [5.74, 6) is 0. The van der Waals surface area contributed by atoms with Gasteiger partial charge in [0, 0.05) is 32.1 Å². The third-order valence-corrected chi connectivity index (χ3v) is 2.47. The van der Waals surface area contributed by atoms with E-state index in [0.717, 1.165) is 11.4 Å². The minimum absolute atomic E-state index is 0.0471. The molecule has 0 saturated carbocycles. The lowest BCUT2D eigenvalue weighted by Gasteiger charge is -2.17. The maximum atomic E-state index is 5.73. The summed E-state index contributed by atoms with van der Waals surface area (Å²) in [4.78, 5) is 0. The molecule has 90 valence electrons. The molecule has 3 N–H and O–H groups in total. The minimum atomic E-state index is 0.0471. The van der Waals surface area contributed by atoms with Gasteiger partial charge < -0.3 is 20.5 Å². The van der Waals surface area contributed by atoms with Gasteiger partial charge in [0.25, 0.3) is 0 Å². The molecule has 16 heavy (non-hydrogen) atoms. The number of anilines is 2. The van der Waals surface area contributed by atoms with Crippen LogP contribution in [0.25, 0.3) is 0 Å². The summed E-state index contributed by atoms with van der Waals surface area (Å²) in [6.45, 7) is 3.32. The first-order valence-electron chi connectivity index (χ1n) is 5.29. The summed E-state index contributed by atoms with van der Waals surface area (Å²) < 4.78 is 10.3. The lowest BCUT2D eigenvalue weighted by molar-refractivity contribution is 0.0365. The van der Waals surface area contributed by atoms with E-state index in [-0.39, 0.29) is 6.10 Å². The summed E-state index contributed by atoms with van der Waals surface area (Å²) in [5, 5.41) is 3.30. The Morgan fingerprint density at radius 1 is 1.38 bits per heavy atom. The van der Waals surface area contributed by atoms with Crippen molar-refractivity contribution < 1.29 is 9.47 Å². The van der Waals surface area contributed by atoms with Crippen molar-refractivity contribution >= 4 is 11.4 Å². The Hall–Kier alpha value is -1.26. The first-order chi connectivity index (χ1) is 7.67. The molecule has 0 heterocycles. The second-order valence-corrected chi connectivity index (χ2v) is 3.77. The molecule has 0 amide bonds. The molecule has 0 saturated heterocycles. The number of rotatable bonds is 6. The van der Waals surface area contributed by atoms with Gasteiger partial charge >= 0.3 is 0 Å². The molecule has 1 unspecified atom stereocenters. The van der Waals surface area contributed by atoms with Gasteiger partial charge in [0.2, 0.25) is 0 Å². The molecule has 1 atom stereocenters. The van der Waals surface area contributed by atoms with Gasteiger partial charge in [-0.05, 0) is 24.6 Å². The second kappa shape index (κ2) is 6.35. The lowest BCUT2D eigenvalue weighted by Crippen LogP contribution is -2.26. The third-order valence-electron chi connectivity index (χ3n) is 2.47. The molecule has 4 nitrogen and oxygen atoms in total. The molecule has 0 fully saturated rings. The van der Waals surface area contributed by atoms with Crippen LogP contribution in [0.2, 0.25) is 0 Å². The van der Waals surface area contributed by atoms with Gasteiger partial charge in [-0.25, -0.2) is 0 Å². The Labute approximate surface area is 96.7 Å². The Kier molecular flexibility index (Phi) is 5.08. The number of nitrogens with two attached hydrogens (primary N) is 1. The molecule has 0 bridgehead atoms. The summed E-state index contributed by atoms with van der Waals surface area (Å²) in [6.07, 6.45) is 0.0471. The second-order valence-electron chi connectivity index (χ2n) is 3.77. The van der Waals surface area contributed by atoms with Gasteiger partial charge in [-0.3, -0.25) is 0 Å². The molecular formula is C12H20N2O2. The highest BCUT2D eigenvalue weighted by molar-refractivity contribution is 5.59. The topological polar surface area (TPSA) is 56.5 Å². The molecule has 1 aromatic carbocycles. The Morgan fingerprint density at radius 3 is 2.75 bits per heavy atom. The number of benzene rings is 1. The van der Waals surface area contributed by atoms with E-state index in [1.165, 1.54) is 5.56 Å². The summed E-state index contributed by atoms with van der Waals surface area (Å²) in [6, 6.07) is 5.81. The van der Waals surface area contributed by atoms with Crippen LogP contribution < -0.4 is 11.1 Å². The van der Waals surface area contributed by atoms with Gasteiger partial charge in [-0.15, -0.1) is 0 Å². The van der Waals surface area contributed by atoms with Gasteiger partial charge in [0.1, 0.15) is 0 Å². The van der Waals surface area contributed by atoms with Crippen LogP contribution in [0, 0.1) is 6.92 Å². The zero-order valence-corrected chi connectivity index (χ0v) is 10.1. The summed E-state index contributed by atoms with van der Waals surface area (Å²) >= 11 is 0. The molecule has 0 spiro atoms. The van der Waals surface area contributed by atoms with E-state index >= 15 is 0 Å². The van der Waals surface area contributed by atoms with E-state index in [4.69, 9.17) is 15.2 Å². The number of hydrogen-bond donors (Lipinski definition) is 2. The SMILES string of the molecule is COCC(CNc1cc(N)ccc1C)OC. The monoisotopic (exact) mass is 224 g/mol. The fourth-order valence-electron chi connectivity index (χ4n) is 1.45. The fourth-order valence-corrected chi connectivity index (χ4v) is 1.45. The van der Waals surface area contributed by atoms with Crippen LogP contribution in [0.5, 0.6) is 0 Å². The lowest BCUT2D eigenvalue weighted by atomic mass is 10.2. The highest BCUT2D eigenvalue weighted by Gasteiger charge is 2.07. The van der Waals surface area contributed by atoms with Crippen molar-refractivity contribution in [3.63, 3.8) is 0 Å². The molecule has 0 aliphatic carbocycles. The minimum Gasteiger partial charge on any atom is -0.399 e. The largest absolute Gasteiger partial charge is 0.399 e. The Bertz CT molecular complexity index is 329. The number of aryl methyl sites for hydroxylation is 1. The van der Waals surface area contributed by atoms with Crippen LogP contribution in [0.4, 0.5) is 11.4 Å². The van der Waals surface area contributed by atoms with E-state index in [9.17, 15) is 0 Å². The third kappa shape index (κ3) is 3.72. The molecule has 4 heteroatoms. The molecule has 0 aromatic heterocycles. The standard InChI is InChI=1S/C12H20N2O2/c1-9-4-5-10(13)6-12(9)14-7-11(16-3)8-15-2/h4-6,11,14H,7-8,13H2,1-3H3. The maximum absolute atomic E-state index is 5.73. The molecular weight excluding hydrogens is 204 g/mol. The average Bonchev–Trinajstić information content (AvgIpc) is 2.28. The zero-order valence-electron chi connectivity index (χ0n) is 10.1. The van der Waals surface area contributed by atoms with Crippen LogP contribution in [-0.2, 0) is 9.47 Å². The van der Waals surface area contributed by atoms with Crippen molar-refractivity contribution in [1.82, 2.24) is 0 Å². The molecule has 1 aromatic rings. The number of nitrogen functional groups attached to an aromatic ring is 1.